The molecule has 1 atom stereocenters. The van der Waals surface area contributed by atoms with Crippen molar-refractivity contribution in [1.82, 2.24) is 0 Å². The molecule has 0 bridgehead atoms. The molecule has 5 heteroatoms. The third-order valence-corrected chi connectivity index (χ3v) is 1.67. The minimum absolute atomic E-state index is 0.0772. The molecular formula is C6H9F2NO2. The van der Waals surface area contributed by atoms with Gasteiger partial charge in [0.25, 0.3) is 5.92 Å². The highest BCUT2D eigenvalue weighted by Gasteiger charge is 2.75. The molecule has 11 heavy (non-hydrogen) atoms. The Morgan fingerprint density at radius 3 is 2.45 bits per heavy atom. The van der Waals surface area contributed by atoms with E-state index in [-0.39, 0.29) is 6.61 Å². The van der Waals surface area contributed by atoms with Crippen LogP contribution in [0.25, 0.3) is 0 Å². The molecule has 1 aliphatic carbocycles. The van der Waals surface area contributed by atoms with Gasteiger partial charge in [-0.2, -0.15) is 0 Å². The summed E-state index contributed by atoms with van der Waals surface area (Å²) in [7, 11) is 0. The van der Waals surface area contributed by atoms with Crippen LogP contribution in [0.2, 0.25) is 0 Å². The molecule has 0 amide bonds. The van der Waals surface area contributed by atoms with Crippen LogP contribution in [0.4, 0.5) is 8.78 Å². The molecule has 0 aliphatic heterocycles. The van der Waals surface area contributed by atoms with E-state index in [1.807, 2.05) is 0 Å². The van der Waals surface area contributed by atoms with Crippen molar-refractivity contribution in [2.75, 3.05) is 6.61 Å². The van der Waals surface area contributed by atoms with E-state index >= 15 is 0 Å². The van der Waals surface area contributed by atoms with Gasteiger partial charge in [0.05, 0.1) is 6.61 Å². The number of hydrogen-bond donors (Lipinski definition) is 1. The fourth-order valence-corrected chi connectivity index (χ4v) is 0.787. The molecule has 64 valence electrons. The number of ether oxygens (including phenoxy) is 1. The van der Waals surface area contributed by atoms with E-state index in [9.17, 15) is 13.6 Å². The lowest BCUT2D eigenvalue weighted by molar-refractivity contribution is -0.148. The Balaban J connectivity index is 2.57. The summed E-state index contributed by atoms with van der Waals surface area (Å²) in [6.07, 6.45) is -0.598. The molecular weight excluding hydrogens is 156 g/mol. The number of carbonyl (C=O) groups is 1. The summed E-state index contributed by atoms with van der Waals surface area (Å²) in [6, 6.07) is 0. The van der Waals surface area contributed by atoms with Crippen LogP contribution in [0, 0.1) is 0 Å². The molecule has 1 rings (SSSR count). The van der Waals surface area contributed by atoms with Gasteiger partial charge in [0.15, 0.2) is 5.54 Å². The Morgan fingerprint density at radius 2 is 2.18 bits per heavy atom. The largest absolute Gasteiger partial charge is 0.464 e. The quantitative estimate of drug-likeness (QED) is 0.598. The zero-order chi connectivity index (χ0) is 8.70. The van der Waals surface area contributed by atoms with Gasteiger partial charge in [-0.3, -0.25) is 0 Å². The van der Waals surface area contributed by atoms with Gasteiger partial charge in [0.1, 0.15) is 0 Å². The van der Waals surface area contributed by atoms with Crippen molar-refractivity contribution in [2.24, 2.45) is 5.73 Å². The van der Waals surface area contributed by atoms with Gasteiger partial charge in [-0.1, -0.05) is 0 Å². The Bertz CT molecular complexity index is 195. The van der Waals surface area contributed by atoms with Gasteiger partial charge < -0.3 is 10.5 Å². The molecule has 0 spiro atoms. The standard InChI is InChI=1S/C6H9F2NO2/c1-2-11-4(10)5(9)3-6(5,7)8/h2-3,9H2,1H3. The first kappa shape index (κ1) is 8.39. The summed E-state index contributed by atoms with van der Waals surface area (Å²) in [5.74, 6) is -4.08. The van der Waals surface area contributed by atoms with Crippen LogP contribution in [0.5, 0.6) is 0 Å². The summed E-state index contributed by atoms with van der Waals surface area (Å²) in [4.78, 5) is 10.7. The van der Waals surface area contributed by atoms with E-state index in [1.165, 1.54) is 0 Å². The first-order valence-electron chi connectivity index (χ1n) is 3.28. The molecule has 1 aliphatic rings. The van der Waals surface area contributed by atoms with Gasteiger partial charge in [-0.25, -0.2) is 13.6 Å². The molecule has 0 saturated heterocycles. The van der Waals surface area contributed by atoms with Crippen LogP contribution in [0.1, 0.15) is 13.3 Å². The number of alkyl halides is 2. The third kappa shape index (κ3) is 1.09. The van der Waals surface area contributed by atoms with Gasteiger partial charge >= 0.3 is 5.97 Å². The maximum Gasteiger partial charge on any atom is 0.332 e. The highest BCUT2D eigenvalue weighted by Crippen LogP contribution is 2.51. The molecule has 0 aromatic heterocycles. The first-order chi connectivity index (χ1) is 4.94. The topological polar surface area (TPSA) is 52.3 Å². The predicted octanol–water partition coefficient (Wildman–Crippen LogP) is 0.286. The highest BCUT2D eigenvalue weighted by molar-refractivity contribution is 5.86. The van der Waals surface area contributed by atoms with Gasteiger partial charge in [0.2, 0.25) is 0 Å². The molecule has 1 saturated carbocycles. The summed E-state index contributed by atoms with van der Waals surface area (Å²) >= 11 is 0. The number of esters is 1. The summed E-state index contributed by atoms with van der Waals surface area (Å²) in [5.41, 5.74) is 2.99. The number of rotatable bonds is 2. The molecule has 2 N–H and O–H groups in total. The summed E-state index contributed by atoms with van der Waals surface area (Å²) in [6.45, 7) is 1.62. The monoisotopic (exact) mass is 165 g/mol. The predicted molar refractivity (Wildman–Crippen MR) is 33.1 cm³/mol. The molecule has 3 nitrogen and oxygen atoms in total. The van der Waals surface area contributed by atoms with E-state index < -0.39 is 23.9 Å². The van der Waals surface area contributed by atoms with Crippen molar-refractivity contribution in [3.8, 4) is 0 Å². The number of halogens is 2. The average molecular weight is 165 g/mol. The van der Waals surface area contributed by atoms with Crippen LogP contribution in [0.3, 0.4) is 0 Å². The second-order valence-electron chi connectivity index (χ2n) is 2.57. The van der Waals surface area contributed by atoms with E-state index in [1.54, 1.807) is 6.92 Å². The van der Waals surface area contributed by atoms with Crippen molar-refractivity contribution < 1.29 is 18.3 Å². The fraction of sp³-hybridized carbons (Fsp3) is 0.833. The van der Waals surface area contributed by atoms with Crippen molar-refractivity contribution in [1.29, 1.82) is 0 Å². The Morgan fingerprint density at radius 1 is 1.73 bits per heavy atom. The molecule has 1 fully saturated rings. The lowest BCUT2D eigenvalue weighted by Gasteiger charge is -2.07. The SMILES string of the molecule is CCOC(=O)C1(N)CC1(F)F. The summed E-state index contributed by atoms with van der Waals surface area (Å²) < 4.78 is 29.0. The fourth-order valence-electron chi connectivity index (χ4n) is 0.787. The number of nitrogens with two attached hydrogens (primary N) is 1. The van der Waals surface area contributed by atoms with Crippen LogP contribution < -0.4 is 5.73 Å². The zero-order valence-electron chi connectivity index (χ0n) is 6.06. The van der Waals surface area contributed by atoms with Crippen molar-refractivity contribution in [3.63, 3.8) is 0 Å². The molecule has 0 aromatic rings. The van der Waals surface area contributed by atoms with Gasteiger partial charge in [-0.05, 0) is 6.92 Å². The minimum atomic E-state index is -3.07. The van der Waals surface area contributed by atoms with Crippen LogP contribution >= 0.6 is 0 Å². The van der Waals surface area contributed by atoms with Crippen LogP contribution in [0.15, 0.2) is 0 Å². The lowest BCUT2D eigenvalue weighted by atomic mass is 10.3. The number of hydrogen-bond acceptors (Lipinski definition) is 3. The highest BCUT2D eigenvalue weighted by atomic mass is 19.3. The van der Waals surface area contributed by atoms with Crippen LogP contribution in [-0.2, 0) is 9.53 Å². The molecule has 1 unspecified atom stereocenters. The minimum Gasteiger partial charge on any atom is -0.464 e. The zero-order valence-corrected chi connectivity index (χ0v) is 6.06. The lowest BCUT2D eigenvalue weighted by Crippen LogP contribution is -2.40. The van der Waals surface area contributed by atoms with E-state index in [2.05, 4.69) is 4.74 Å². The first-order valence-corrected chi connectivity index (χ1v) is 3.28. The molecule has 0 aromatic carbocycles. The van der Waals surface area contributed by atoms with Crippen molar-refractivity contribution >= 4 is 5.97 Å². The normalized spacial score (nSPS) is 33.1. The van der Waals surface area contributed by atoms with E-state index in [4.69, 9.17) is 5.73 Å². The third-order valence-electron chi connectivity index (χ3n) is 1.67. The molecule has 0 heterocycles. The van der Waals surface area contributed by atoms with Crippen molar-refractivity contribution in [3.05, 3.63) is 0 Å². The Hall–Kier alpha value is -0.710. The maximum atomic E-state index is 12.3. The van der Waals surface area contributed by atoms with E-state index in [0.717, 1.165) is 0 Å². The second-order valence-corrected chi connectivity index (χ2v) is 2.57. The second kappa shape index (κ2) is 2.14. The summed E-state index contributed by atoms with van der Waals surface area (Å²) in [5, 5.41) is 0. The number of carbonyl (C=O) groups excluding carboxylic acids is 1. The van der Waals surface area contributed by atoms with Crippen molar-refractivity contribution in [2.45, 2.75) is 24.8 Å². The van der Waals surface area contributed by atoms with E-state index in [0.29, 0.717) is 0 Å². The van der Waals surface area contributed by atoms with Crippen LogP contribution in [-0.4, -0.2) is 24.0 Å². The molecule has 0 radical (unpaired) electrons. The van der Waals surface area contributed by atoms with Gasteiger partial charge in [0, 0.05) is 6.42 Å². The maximum absolute atomic E-state index is 12.3. The Labute approximate surface area is 62.5 Å². The van der Waals surface area contributed by atoms with Gasteiger partial charge in [-0.15, -0.1) is 0 Å². The Kier molecular flexibility index (Phi) is 1.63. The average Bonchev–Trinajstić information content (AvgIpc) is 2.35. The smallest absolute Gasteiger partial charge is 0.332 e.